The van der Waals surface area contributed by atoms with E-state index in [1.807, 2.05) is 0 Å². The van der Waals surface area contributed by atoms with Crippen LogP contribution in [-0.4, -0.2) is 38.5 Å². The minimum Gasteiger partial charge on any atom is -0.494 e. The maximum Gasteiger partial charge on any atom is 0.307 e. The number of carbonyl (C=O) groups is 2. The molecule has 8 nitrogen and oxygen atoms in total. The maximum absolute atomic E-state index is 13.2. The first-order valence-electron chi connectivity index (χ1n) is 11.8. The van der Waals surface area contributed by atoms with Gasteiger partial charge in [0.15, 0.2) is 5.78 Å². The van der Waals surface area contributed by atoms with Crippen molar-refractivity contribution in [1.82, 2.24) is 15.0 Å². The number of Topliss-reactive ketones (excluding diaryl/α,β-unsaturated/α-hetero) is 1. The third-order valence-electron chi connectivity index (χ3n) is 6.60. The lowest BCUT2D eigenvalue weighted by molar-refractivity contribution is -0.144. The number of ketones is 1. The van der Waals surface area contributed by atoms with Gasteiger partial charge in [-0.3, -0.25) is 14.4 Å². The van der Waals surface area contributed by atoms with Gasteiger partial charge in [0.25, 0.3) is 5.56 Å². The molecule has 0 aliphatic heterocycles. The number of hydrogen-bond acceptors (Lipinski definition) is 6. The molecule has 178 valence electrons. The number of rotatable bonds is 10. The van der Waals surface area contributed by atoms with Gasteiger partial charge >= 0.3 is 5.97 Å². The lowest BCUT2D eigenvalue weighted by Gasteiger charge is -2.20. The predicted octanol–water partition coefficient (Wildman–Crippen LogP) is 3.97. The van der Waals surface area contributed by atoms with E-state index in [1.54, 1.807) is 48.5 Å². The molecule has 1 aromatic heterocycles. The van der Waals surface area contributed by atoms with Crippen LogP contribution in [0.4, 0.5) is 0 Å². The van der Waals surface area contributed by atoms with Crippen molar-refractivity contribution in [3.8, 4) is 5.75 Å². The highest BCUT2D eigenvalue weighted by Gasteiger charge is 2.45. The third kappa shape index (κ3) is 5.00. The van der Waals surface area contributed by atoms with E-state index in [0.717, 1.165) is 19.3 Å². The number of aromatic nitrogens is 3. The van der Waals surface area contributed by atoms with Gasteiger partial charge in [0.2, 0.25) is 0 Å². The van der Waals surface area contributed by atoms with Gasteiger partial charge in [-0.15, -0.1) is 5.10 Å². The van der Waals surface area contributed by atoms with Gasteiger partial charge < -0.3 is 9.84 Å². The highest BCUT2D eigenvalue weighted by molar-refractivity contribution is 6.00. The van der Waals surface area contributed by atoms with Gasteiger partial charge in [-0.05, 0) is 61.6 Å². The van der Waals surface area contributed by atoms with Crippen molar-refractivity contribution >= 4 is 22.7 Å². The molecule has 1 aliphatic carbocycles. The zero-order chi connectivity index (χ0) is 24.1. The summed E-state index contributed by atoms with van der Waals surface area (Å²) in [4.78, 5) is 38.2. The van der Waals surface area contributed by atoms with Gasteiger partial charge in [-0.1, -0.05) is 37.1 Å². The molecule has 1 aliphatic rings. The number of carboxylic acids is 1. The summed E-state index contributed by atoms with van der Waals surface area (Å²) in [6.45, 7) is 2.87. The lowest BCUT2D eigenvalue weighted by atomic mass is 9.84. The van der Waals surface area contributed by atoms with E-state index in [-0.39, 0.29) is 23.8 Å². The quantitative estimate of drug-likeness (QED) is 0.358. The van der Waals surface area contributed by atoms with E-state index < -0.39 is 17.8 Å². The minimum atomic E-state index is -1.03. The van der Waals surface area contributed by atoms with E-state index in [1.165, 1.54) is 4.68 Å². The largest absolute Gasteiger partial charge is 0.494 e. The summed E-state index contributed by atoms with van der Waals surface area (Å²) in [5.41, 5.74) is 0.662. The molecule has 8 heteroatoms. The van der Waals surface area contributed by atoms with Crippen LogP contribution in [0.25, 0.3) is 10.9 Å². The van der Waals surface area contributed by atoms with Crippen LogP contribution in [0.5, 0.6) is 5.75 Å². The van der Waals surface area contributed by atoms with Gasteiger partial charge in [0.1, 0.15) is 11.3 Å². The normalized spacial score (nSPS) is 19.9. The SMILES string of the molecule is CCCCCOc1ccc(C(=O)[C@H]2CC[C@@H](Cn3nnc4ccccc4c3=O)[C@@H]2C(=O)O)cc1. The first-order chi connectivity index (χ1) is 16.5. The van der Waals surface area contributed by atoms with E-state index >= 15 is 0 Å². The Hall–Kier alpha value is -3.55. The van der Waals surface area contributed by atoms with Crippen LogP contribution in [0.3, 0.4) is 0 Å². The second kappa shape index (κ2) is 10.6. The molecule has 1 heterocycles. The maximum atomic E-state index is 13.2. The average Bonchev–Trinajstić information content (AvgIpc) is 3.27. The highest BCUT2D eigenvalue weighted by atomic mass is 16.5. The molecule has 3 aromatic rings. The van der Waals surface area contributed by atoms with E-state index in [9.17, 15) is 19.5 Å². The fourth-order valence-corrected chi connectivity index (χ4v) is 4.79. The van der Waals surface area contributed by atoms with Crippen LogP contribution in [0.15, 0.2) is 53.3 Å². The topological polar surface area (TPSA) is 111 Å². The fraction of sp³-hybridized carbons (Fsp3) is 0.423. The number of benzene rings is 2. The van der Waals surface area contributed by atoms with Gasteiger partial charge in [0, 0.05) is 11.5 Å². The molecular weight excluding hydrogens is 434 g/mol. The smallest absolute Gasteiger partial charge is 0.307 e. The van der Waals surface area contributed by atoms with Crippen LogP contribution in [0, 0.1) is 17.8 Å². The molecule has 1 saturated carbocycles. The Morgan fingerprint density at radius 2 is 1.85 bits per heavy atom. The molecule has 1 N–H and O–H groups in total. The summed E-state index contributed by atoms with van der Waals surface area (Å²) in [7, 11) is 0. The second-order valence-electron chi connectivity index (χ2n) is 8.85. The van der Waals surface area contributed by atoms with Crippen LogP contribution in [0.1, 0.15) is 49.4 Å². The Bertz CT molecular complexity index is 1220. The number of carboxylic acid groups (broad SMARTS) is 1. The zero-order valence-corrected chi connectivity index (χ0v) is 19.2. The molecule has 3 atom stereocenters. The molecule has 0 unspecified atom stereocenters. The van der Waals surface area contributed by atoms with Crippen molar-refractivity contribution in [3.05, 3.63) is 64.4 Å². The molecule has 0 bridgehead atoms. The van der Waals surface area contributed by atoms with Crippen molar-refractivity contribution < 1.29 is 19.4 Å². The van der Waals surface area contributed by atoms with Crippen molar-refractivity contribution in [2.75, 3.05) is 6.61 Å². The molecule has 2 aromatic carbocycles. The Morgan fingerprint density at radius 3 is 2.59 bits per heavy atom. The van der Waals surface area contributed by atoms with E-state index in [0.29, 0.717) is 41.7 Å². The summed E-state index contributed by atoms with van der Waals surface area (Å²) in [5.74, 6) is -2.45. The van der Waals surface area contributed by atoms with Crippen molar-refractivity contribution in [3.63, 3.8) is 0 Å². The summed E-state index contributed by atoms with van der Waals surface area (Å²) < 4.78 is 6.92. The van der Waals surface area contributed by atoms with Crippen molar-refractivity contribution in [2.45, 2.75) is 45.6 Å². The Labute approximate surface area is 197 Å². The van der Waals surface area contributed by atoms with Gasteiger partial charge in [-0.2, -0.15) is 0 Å². The Morgan fingerprint density at radius 1 is 1.09 bits per heavy atom. The first-order valence-corrected chi connectivity index (χ1v) is 11.8. The number of hydrogen-bond donors (Lipinski definition) is 1. The monoisotopic (exact) mass is 463 g/mol. The van der Waals surface area contributed by atoms with E-state index in [2.05, 4.69) is 17.2 Å². The van der Waals surface area contributed by atoms with Crippen molar-refractivity contribution in [2.24, 2.45) is 17.8 Å². The molecule has 0 radical (unpaired) electrons. The number of unbranched alkanes of at least 4 members (excludes halogenated alkanes) is 2. The zero-order valence-electron chi connectivity index (χ0n) is 19.2. The summed E-state index contributed by atoms with van der Waals surface area (Å²) in [6.07, 6.45) is 4.17. The van der Waals surface area contributed by atoms with Crippen LogP contribution < -0.4 is 10.3 Å². The Kier molecular flexibility index (Phi) is 7.35. The van der Waals surface area contributed by atoms with E-state index in [4.69, 9.17) is 4.74 Å². The standard InChI is InChI=1S/C26H29N3O5/c1-2-3-6-15-34-19-12-9-17(10-13-19)24(30)21-14-11-18(23(21)26(32)33)16-29-25(31)20-7-4-5-8-22(20)27-28-29/h4-5,7-10,12-13,18,21,23H,2-3,6,11,14-16H2,1H3,(H,32,33)/t18-,21-,23-/m0/s1. The number of nitrogens with zero attached hydrogens (tertiary/aromatic N) is 3. The molecule has 1 fully saturated rings. The summed E-state index contributed by atoms with van der Waals surface area (Å²) >= 11 is 0. The molecular formula is C26H29N3O5. The first kappa shape index (κ1) is 23.6. The average molecular weight is 464 g/mol. The number of ether oxygens (including phenoxy) is 1. The van der Waals surface area contributed by atoms with Gasteiger partial charge in [-0.25, -0.2) is 4.68 Å². The third-order valence-corrected chi connectivity index (χ3v) is 6.60. The summed E-state index contributed by atoms with van der Waals surface area (Å²) in [6, 6.07) is 13.8. The highest BCUT2D eigenvalue weighted by Crippen LogP contribution is 2.40. The molecule has 34 heavy (non-hydrogen) atoms. The second-order valence-corrected chi connectivity index (χ2v) is 8.85. The van der Waals surface area contributed by atoms with Crippen molar-refractivity contribution in [1.29, 1.82) is 0 Å². The van der Waals surface area contributed by atoms with Crippen LogP contribution in [-0.2, 0) is 11.3 Å². The van der Waals surface area contributed by atoms with Crippen LogP contribution in [0.2, 0.25) is 0 Å². The molecule has 0 amide bonds. The number of aliphatic carboxylic acids is 1. The number of carbonyl (C=O) groups excluding carboxylic acids is 1. The van der Waals surface area contributed by atoms with Gasteiger partial charge in [0.05, 0.1) is 24.5 Å². The minimum absolute atomic E-state index is 0.113. The predicted molar refractivity (Wildman–Crippen MR) is 127 cm³/mol. The molecule has 0 saturated heterocycles. The molecule has 4 rings (SSSR count). The summed E-state index contributed by atoms with van der Waals surface area (Å²) in [5, 5.41) is 18.5. The lowest BCUT2D eigenvalue weighted by Crippen LogP contribution is -2.34. The number of fused-ring (bicyclic) bond motifs is 1. The fourth-order valence-electron chi connectivity index (χ4n) is 4.79. The van der Waals surface area contributed by atoms with Crippen LogP contribution >= 0.6 is 0 Å². The molecule has 0 spiro atoms. The Balaban J connectivity index is 1.47.